The van der Waals surface area contributed by atoms with Crippen molar-refractivity contribution in [2.75, 3.05) is 26.2 Å². The zero-order chi connectivity index (χ0) is 18.1. The van der Waals surface area contributed by atoms with Crippen LogP contribution in [0.2, 0.25) is 15.1 Å². The van der Waals surface area contributed by atoms with Crippen LogP contribution < -0.4 is 0 Å². The topological polar surface area (TPSA) is 41.4 Å². The van der Waals surface area contributed by atoms with Crippen molar-refractivity contribution in [2.24, 2.45) is 7.05 Å². The van der Waals surface area contributed by atoms with E-state index in [4.69, 9.17) is 34.8 Å². The lowest BCUT2D eigenvalue weighted by atomic mass is 10.2. The molecule has 1 fully saturated rings. The van der Waals surface area contributed by atoms with Gasteiger partial charge in [0.2, 0.25) is 0 Å². The standard InChI is InChI=1S/C17H19Cl3N4O/c1-11-15(20)16(21-22(11)2)17(25)24-8-6-23(7-9-24)10-12-13(18)4-3-5-14(12)19/h3-5H,6-10H2,1-2H3. The van der Waals surface area contributed by atoms with Gasteiger partial charge in [0.1, 0.15) is 0 Å². The third-order valence-corrected chi connectivity index (χ3v) is 5.73. The average Bonchev–Trinajstić information content (AvgIpc) is 2.86. The number of carbonyl (C=O) groups is 1. The normalized spacial score (nSPS) is 15.6. The number of rotatable bonds is 3. The Bertz CT molecular complexity index is 777. The SMILES string of the molecule is Cc1c(Cl)c(C(=O)N2CCN(Cc3c(Cl)cccc3Cl)CC2)nn1C. The van der Waals surface area contributed by atoms with Crippen LogP contribution in [0.15, 0.2) is 18.2 Å². The van der Waals surface area contributed by atoms with E-state index in [1.165, 1.54) is 0 Å². The van der Waals surface area contributed by atoms with E-state index < -0.39 is 0 Å². The largest absolute Gasteiger partial charge is 0.335 e. The molecule has 0 aliphatic carbocycles. The van der Waals surface area contributed by atoms with E-state index in [0.717, 1.165) is 24.3 Å². The molecule has 1 saturated heterocycles. The van der Waals surface area contributed by atoms with E-state index in [9.17, 15) is 4.79 Å². The summed E-state index contributed by atoms with van der Waals surface area (Å²) in [4.78, 5) is 16.7. The van der Waals surface area contributed by atoms with Crippen molar-refractivity contribution < 1.29 is 4.79 Å². The minimum absolute atomic E-state index is 0.121. The predicted molar refractivity (Wildman–Crippen MR) is 101 cm³/mol. The molecule has 1 amide bonds. The van der Waals surface area contributed by atoms with Gasteiger partial charge in [0.15, 0.2) is 5.69 Å². The number of aryl methyl sites for hydroxylation is 1. The number of amides is 1. The first-order valence-electron chi connectivity index (χ1n) is 8.02. The van der Waals surface area contributed by atoms with E-state index in [2.05, 4.69) is 10.00 Å². The highest BCUT2D eigenvalue weighted by atomic mass is 35.5. The van der Waals surface area contributed by atoms with Crippen molar-refractivity contribution in [3.63, 3.8) is 0 Å². The fourth-order valence-electron chi connectivity index (χ4n) is 2.88. The molecule has 2 aromatic rings. The van der Waals surface area contributed by atoms with Crippen LogP contribution in [0.3, 0.4) is 0 Å². The van der Waals surface area contributed by atoms with Crippen LogP contribution in [0.5, 0.6) is 0 Å². The highest BCUT2D eigenvalue weighted by Crippen LogP contribution is 2.26. The molecule has 1 aromatic heterocycles. The van der Waals surface area contributed by atoms with E-state index in [-0.39, 0.29) is 5.91 Å². The summed E-state index contributed by atoms with van der Waals surface area (Å²) in [6, 6.07) is 5.52. The number of halogens is 3. The number of hydrogen-bond acceptors (Lipinski definition) is 3. The summed E-state index contributed by atoms with van der Waals surface area (Å²) in [6.07, 6.45) is 0. The van der Waals surface area contributed by atoms with Crippen molar-refractivity contribution in [2.45, 2.75) is 13.5 Å². The van der Waals surface area contributed by atoms with Crippen LogP contribution in [0.25, 0.3) is 0 Å². The molecule has 1 aliphatic heterocycles. The molecule has 0 spiro atoms. The second-order valence-corrected chi connectivity index (χ2v) is 7.33. The van der Waals surface area contributed by atoms with Gasteiger partial charge in [0.05, 0.1) is 10.7 Å². The summed E-state index contributed by atoms with van der Waals surface area (Å²) in [6.45, 7) is 5.24. The maximum Gasteiger partial charge on any atom is 0.276 e. The number of aromatic nitrogens is 2. The van der Waals surface area contributed by atoms with E-state index in [1.807, 2.05) is 25.1 Å². The zero-order valence-electron chi connectivity index (χ0n) is 14.1. The molecule has 25 heavy (non-hydrogen) atoms. The number of benzene rings is 1. The van der Waals surface area contributed by atoms with Crippen molar-refractivity contribution in [1.82, 2.24) is 19.6 Å². The highest BCUT2D eigenvalue weighted by Gasteiger charge is 2.27. The maximum atomic E-state index is 12.7. The Hall–Kier alpha value is -1.27. The molecular weight excluding hydrogens is 383 g/mol. The van der Waals surface area contributed by atoms with Gasteiger partial charge >= 0.3 is 0 Å². The monoisotopic (exact) mass is 400 g/mol. The molecule has 3 rings (SSSR count). The summed E-state index contributed by atoms with van der Waals surface area (Å²) in [5.41, 5.74) is 2.04. The lowest BCUT2D eigenvalue weighted by Crippen LogP contribution is -2.48. The lowest BCUT2D eigenvalue weighted by Gasteiger charge is -2.34. The second-order valence-electron chi connectivity index (χ2n) is 6.14. The van der Waals surface area contributed by atoms with Crippen molar-refractivity contribution in [3.8, 4) is 0 Å². The van der Waals surface area contributed by atoms with Gasteiger partial charge in [-0.25, -0.2) is 0 Å². The quantitative estimate of drug-likeness (QED) is 0.788. The molecule has 0 saturated carbocycles. The Labute approximate surface area is 162 Å². The van der Waals surface area contributed by atoms with Gasteiger partial charge in [-0.2, -0.15) is 5.10 Å². The van der Waals surface area contributed by atoms with Crippen molar-refractivity contribution in [3.05, 3.63) is 50.2 Å². The average molecular weight is 402 g/mol. The van der Waals surface area contributed by atoms with Gasteiger partial charge in [0, 0.05) is 55.4 Å². The van der Waals surface area contributed by atoms with Crippen molar-refractivity contribution in [1.29, 1.82) is 0 Å². The smallest absolute Gasteiger partial charge is 0.276 e. The summed E-state index contributed by atoms with van der Waals surface area (Å²) < 4.78 is 1.63. The maximum absolute atomic E-state index is 12.7. The van der Waals surface area contributed by atoms with E-state index in [0.29, 0.717) is 40.4 Å². The van der Waals surface area contributed by atoms with Crippen LogP contribution in [0.1, 0.15) is 21.7 Å². The Balaban J connectivity index is 1.64. The Morgan fingerprint density at radius 3 is 2.24 bits per heavy atom. The summed E-state index contributed by atoms with van der Waals surface area (Å²) in [7, 11) is 1.78. The lowest BCUT2D eigenvalue weighted by molar-refractivity contribution is 0.0622. The summed E-state index contributed by atoms with van der Waals surface area (Å²) >= 11 is 18.7. The Kier molecular flexibility index (Phi) is 5.58. The molecule has 5 nitrogen and oxygen atoms in total. The number of nitrogens with zero attached hydrogens (tertiary/aromatic N) is 4. The zero-order valence-corrected chi connectivity index (χ0v) is 16.4. The van der Waals surface area contributed by atoms with Crippen LogP contribution in [-0.4, -0.2) is 51.7 Å². The fraction of sp³-hybridized carbons (Fsp3) is 0.412. The summed E-state index contributed by atoms with van der Waals surface area (Å²) in [5, 5.41) is 6.00. The highest BCUT2D eigenvalue weighted by molar-refractivity contribution is 6.36. The first-order valence-corrected chi connectivity index (χ1v) is 9.15. The first kappa shape index (κ1) is 18.5. The summed E-state index contributed by atoms with van der Waals surface area (Å²) in [5.74, 6) is -0.121. The third kappa shape index (κ3) is 3.80. The van der Waals surface area contributed by atoms with Gasteiger partial charge in [0.25, 0.3) is 5.91 Å². The van der Waals surface area contributed by atoms with Gasteiger partial charge < -0.3 is 4.90 Å². The van der Waals surface area contributed by atoms with Gasteiger partial charge in [-0.3, -0.25) is 14.4 Å². The minimum Gasteiger partial charge on any atom is -0.335 e. The number of piperazine rings is 1. The molecule has 0 unspecified atom stereocenters. The molecule has 8 heteroatoms. The Morgan fingerprint density at radius 2 is 1.72 bits per heavy atom. The molecule has 0 atom stereocenters. The minimum atomic E-state index is -0.121. The number of hydrogen-bond donors (Lipinski definition) is 0. The molecule has 134 valence electrons. The molecule has 1 aliphatic rings. The van der Waals surface area contributed by atoms with Crippen LogP contribution in [0, 0.1) is 6.92 Å². The van der Waals surface area contributed by atoms with E-state index in [1.54, 1.807) is 16.6 Å². The fourth-order valence-corrected chi connectivity index (χ4v) is 3.64. The molecule has 0 N–H and O–H groups in total. The van der Waals surface area contributed by atoms with E-state index >= 15 is 0 Å². The molecular formula is C17H19Cl3N4O. The van der Waals surface area contributed by atoms with Crippen molar-refractivity contribution >= 4 is 40.7 Å². The van der Waals surface area contributed by atoms with Crippen LogP contribution in [0.4, 0.5) is 0 Å². The Morgan fingerprint density at radius 1 is 1.12 bits per heavy atom. The first-order chi connectivity index (χ1) is 11.9. The number of carbonyl (C=O) groups excluding carboxylic acids is 1. The van der Waals surface area contributed by atoms with Gasteiger partial charge in [-0.15, -0.1) is 0 Å². The molecule has 2 heterocycles. The van der Waals surface area contributed by atoms with Crippen LogP contribution in [-0.2, 0) is 13.6 Å². The van der Waals surface area contributed by atoms with Gasteiger partial charge in [-0.05, 0) is 19.1 Å². The second kappa shape index (κ2) is 7.54. The molecule has 0 radical (unpaired) electrons. The predicted octanol–water partition coefficient (Wildman–Crippen LogP) is 3.65. The van der Waals surface area contributed by atoms with Crippen LogP contribution >= 0.6 is 34.8 Å². The molecule has 0 bridgehead atoms. The third-order valence-electron chi connectivity index (χ3n) is 4.57. The van der Waals surface area contributed by atoms with Gasteiger partial charge in [-0.1, -0.05) is 40.9 Å². The molecule has 1 aromatic carbocycles.